The van der Waals surface area contributed by atoms with Crippen molar-refractivity contribution in [3.05, 3.63) is 64.4 Å². The molecule has 0 saturated heterocycles. The molecule has 0 atom stereocenters. The first-order chi connectivity index (χ1) is 10.2. The fraction of sp³-hybridized carbons (Fsp3) is 0.118. The molecular weight excluding hydrogens is 282 g/mol. The first-order valence-corrected chi connectivity index (χ1v) is 7.58. The first kappa shape index (κ1) is 13.6. The van der Waals surface area contributed by atoms with Crippen molar-refractivity contribution in [2.75, 3.05) is 7.05 Å². The maximum atomic E-state index is 12.5. The second-order valence-corrected chi connectivity index (χ2v) is 5.76. The predicted molar refractivity (Wildman–Crippen MR) is 85.7 cm³/mol. The molecular formula is C17H15NO2S. The van der Waals surface area contributed by atoms with Gasteiger partial charge in [-0.3, -0.25) is 4.79 Å². The number of amides is 1. The molecule has 0 saturated carbocycles. The molecule has 0 fully saturated rings. The molecule has 0 aliphatic heterocycles. The number of rotatable bonds is 3. The Hall–Kier alpha value is -2.33. The molecule has 1 amide bonds. The Morgan fingerprint density at radius 3 is 2.76 bits per heavy atom. The average Bonchev–Trinajstić information content (AvgIpc) is 3.00. The van der Waals surface area contributed by atoms with Crippen molar-refractivity contribution in [1.82, 2.24) is 4.90 Å². The van der Waals surface area contributed by atoms with Crippen LogP contribution in [0.2, 0.25) is 0 Å². The molecule has 0 radical (unpaired) electrons. The smallest absolute Gasteiger partial charge is 0.257 e. The second kappa shape index (κ2) is 5.58. The standard InChI is InChI=1S/C17H15NO2S/c1-18(10-12-8-9-21-11-12)17(20)15-7-6-13-4-2-3-5-14(13)16(15)19/h2-9,11,19H,10H2,1H3. The van der Waals surface area contributed by atoms with E-state index in [1.54, 1.807) is 29.4 Å². The molecule has 1 N–H and O–H groups in total. The Morgan fingerprint density at radius 1 is 1.19 bits per heavy atom. The minimum absolute atomic E-state index is 0.0512. The lowest BCUT2D eigenvalue weighted by Crippen LogP contribution is -2.26. The summed E-state index contributed by atoms with van der Waals surface area (Å²) in [6, 6.07) is 13.0. The van der Waals surface area contributed by atoms with Gasteiger partial charge in [0.2, 0.25) is 0 Å². The van der Waals surface area contributed by atoms with Crippen molar-refractivity contribution in [3.63, 3.8) is 0 Å². The summed E-state index contributed by atoms with van der Waals surface area (Å²) in [5.74, 6) is -0.125. The van der Waals surface area contributed by atoms with Crippen molar-refractivity contribution in [1.29, 1.82) is 0 Å². The van der Waals surface area contributed by atoms with Gasteiger partial charge in [-0.25, -0.2) is 0 Å². The van der Waals surface area contributed by atoms with Crippen LogP contribution >= 0.6 is 11.3 Å². The van der Waals surface area contributed by atoms with E-state index in [0.717, 1.165) is 10.9 Å². The molecule has 0 aliphatic rings. The van der Waals surface area contributed by atoms with Crippen molar-refractivity contribution >= 4 is 28.0 Å². The third-order valence-electron chi connectivity index (χ3n) is 3.48. The van der Waals surface area contributed by atoms with Crippen molar-refractivity contribution < 1.29 is 9.90 Å². The minimum atomic E-state index is -0.176. The van der Waals surface area contributed by atoms with Crippen LogP contribution in [-0.4, -0.2) is 23.0 Å². The van der Waals surface area contributed by atoms with Crippen LogP contribution in [0.3, 0.4) is 0 Å². The third kappa shape index (κ3) is 2.62. The van der Waals surface area contributed by atoms with Gasteiger partial charge >= 0.3 is 0 Å². The van der Waals surface area contributed by atoms with E-state index in [4.69, 9.17) is 0 Å². The molecule has 2 aromatic carbocycles. The monoisotopic (exact) mass is 297 g/mol. The Bertz CT molecular complexity index is 781. The Morgan fingerprint density at radius 2 is 2.00 bits per heavy atom. The quantitative estimate of drug-likeness (QED) is 0.797. The molecule has 4 heteroatoms. The molecule has 106 valence electrons. The maximum absolute atomic E-state index is 12.5. The molecule has 3 aromatic rings. The minimum Gasteiger partial charge on any atom is -0.506 e. The van der Waals surface area contributed by atoms with Crippen LogP contribution in [-0.2, 0) is 6.54 Å². The van der Waals surface area contributed by atoms with E-state index in [0.29, 0.717) is 17.5 Å². The number of phenols is 1. The average molecular weight is 297 g/mol. The van der Waals surface area contributed by atoms with Gasteiger partial charge in [0.1, 0.15) is 5.75 Å². The van der Waals surface area contributed by atoms with Crippen LogP contribution in [0.25, 0.3) is 10.8 Å². The number of thiophene rings is 1. The van der Waals surface area contributed by atoms with E-state index in [1.165, 1.54) is 0 Å². The summed E-state index contributed by atoms with van der Waals surface area (Å²) >= 11 is 1.61. The first-order valence-electron chi connectivity index (χ1n) is 6.64. The molecule has 3 nitrogen and oxygen atoms in total. The largest absolute Gasteiger partial charge is 0.506 e. The van der Waals surface area contributed by atoms with Gasteiger partial charge in [0.15, 0.2) is 0 Å². The van der Waals surface area contributed by atoms with Gasteiger partial charge in [-0.1, -0.05) is 30.3 Å². The molecule has 0 spiro atoms. The lowest BCUT2D eigenvalue weighted by atomic mass is 10.0. The summed E-state index contributed by atoms with van der Waals surface area (Å²) in [4.78, 5) is 14.1. The zero-order valence-corrected chi connectivity index (χ0v) is 12.4. The van der Waals surface area contributed by atoms with E-state index in [-0.39, 0.29) is 11.7 Å². The molecule has 1 heterocycles. The van der Waals surface area contributed by atoms with Gasteiger partial charge in [-0.2, -0.15) is 11.3 Å². The van der Waals surface area contributed by atoms with Gasteiger partial charge in [-0.15, -0.1) is 0 Å². The summed E-state index contributed by atoms with van der Waals surface area (Å²) in [5.41, 5.74) is 1.43. The topological polar surface area (TPSA) is 40.5 Å². The predicted octanol–water partition coefficient (Wildman–Crippen LogP) is 3.88. The Balaban J connectivity index is 1.92. The summed E-state index contributed by atoms with van der Waals surface area (Å²) in [6.45, 7) is 0.536. The van der Waals surface area contributed by atoms with Crippen molar-refractivity contribution in [3.8, 4) is 5.75 Å². The number of hydrogen-bond acceptors (Lipinski definition) is 3. The van der Waals surface area contributed by atoms with E-state index in [2.05, 4.69) is 0 Å². The van der Waals surface area contributed by atoms with Crippen LogP contribution in [0.4, 0.5) is 0 Å². The second-order valence-electron chi connectivity index (χ2n) is 4.98. The van der Waals surface area contributed by atoms with Crippen LogP contribution in [0.15, 0.2) is 53.2 Å². The van der Waals surface area contributed by atoms with Gasteiger partial charge in [-0.05, 0) is 33.8 Å². The number of carbonyl (C=O) groups is 1. The number of phenolic OH excluding ortho intramolecular Hbond substituents is 1. The number of aromatic hydroxyl groups is 1. The molecule has 0 bridgehead atoms. The molecule has 3 rings (SSSR count). The Labute approximate surface area is 127 Å². The van der Waals surface area contributed by atoms with Gasteiger partial charge in [0.05, 0.1) is 5.56 Å². The summed E-state index contributed by atoms with van der Waals surface area (Å²) in [5, 5.41) is 16.0. The highest BCUT2D eigenvalue weighted by Gasteiger charge is 2.17. The number of fused-ring (bicyclic) bond motifs is 1. The van der Waals surface area contributed by atoms with Gasteiger partial charge in [0, 0.05) is 19.0 Å². The van der Waals surface area contributed by atoms with E-state index in [9.17, 15) is 9.90 Å². The molecule has 0 unspecified atom stereocenters. The summed E-state index contributed by atoms with van der Waals surface area (Å²) in [7, 11) is 1.74. The molecule has 21 heavy (non-hydrogen) atoms. The highest BCUT2D eigenvalue weighted by atomic mass is 32.1. The zero-order valence-electron chi connectivity index (χ0n) is 11.6. The van der Waals surface area contributed by atoms with E-state index >= 15 is 0 Å². The van der Waals surface area contributed by atoms with Crippen LogP contribution in [0, 0.1) is 0 Å². The lowest BCUT2D eigenvalue weighted by Gasteiger charge is -2.17. The number of benzene rings is 2. The number of hydrogen-bond donors (Lipinski definition) is 1. The van der Waals surface area contributed by atoms with Gasteiger partial charge in [0.25, 0.3) is 5.91 Å². The molecule has 0 aliphatic carbocycles. The Kier molecular flexibility index (Phi) is 3.62. The lowest BCUT2D eigenvalue weighted by molar-refractivity contribution is 0.0782. The number of carbonyl (C=O) groups excluding carboxylic acids is 1. The highest BCUT2D eigenvalue weighted by molar-refractivity contribution is 7.07. The van der Waals surface area contributed by atoms with E-state index in [1.807, 2.05) is 47.2 Å². The number of nitrogens with zero attached hydrogens (tertiary/aromatic N) is 1. The fourth-order valence-electron chi connectivity index (χ4n) is 2.36. The fourth-order valence-corrected chi connectivity index (χ4v) is 3.02. The van der Waals surface area contributed by atoms with Crippen molar-refractivity contribution in [2.24, 2.45) is 0 Å². The highest BCUT2D eigenvalue weighted by Crippen LogP contribution is 2.29. The molecule has 1 aromatic heterocycles. The SMILES string of the molecule is CN(Cc1ccsc1)C(=O)c1ccc2ccccc2c1O. The van der Waals surface area contributed by atoms with E-state index < -0.39 is 0 Å². The van der Waals surface area contributed by atoms with Gasteiger partial charge < -0.3 is 10.0 Å². The van der Waals surface area contributed by atoms with Crippen LogP contribution in [0.5, 0.6) is 5.75 Å². The third-order valence-corrected chi connectivity index (χ3v) is 4.21. The normalized spacial score (nSPS) is 10.7. The van der Waals surface area contributed by atoms with Crippen LogP contribution in [0.1, 0.15) is 15.9 Å². The zero-order chi connectivity index (χ0) is 14.8. The maximum Gasteiger partial charge on any atom is 0.257 e. The van der Waals surface area contributed by atoms with Crippen LogP contribution < -0.4 is 0 Å². The van der Waals surface area contributed by atoms with Crippen molar-refractivity contribution in [2.45, 2.75) is 6.54 Å². The summed E-state index contributed by atoms with van der Waals surface area (Å²) in [6.07, 6.45) is 0. The summed E-state index contributed by atoms with van der Waals surface area (Å²) < 4.78 is 0.